The van der Waals surface area contributed by atoms with E-state index < -0.39 is 10.0 Å². The quantitative estimate of drug-likeness (QED) is 0.622. The van der Waals surface area contributed by atoms with Crippen molar-refractivity contribution in [3.63, 3.8) is 0 Å². The minimum absolute atomic E-state index is 0.185. The van der Waals surface area contributed by atoms with Gasteiger partial charge in [0.25, 0.3) is 10.0 Å². The van der Waals surface area contributed by atoms with E-state index in [9.17, 15) is 8.42 Å². The number of rotatable bonds is 7. The van der Waals surface area contributed by atoms with E-state index in [1.807, 2.05) is 67.4 Å². The number of para-hydroxylation sites is 1. The van der Waals surface area contributed by atoms with Crippen LogP contribution < -0.4 is 9.21 Å². The van der Waals surface area contributed by atoms with Gasteiger partial charge in [-0.25, -0.2) is 13.4 Å². The fourth-order valence-corrected chi connectivity index (χ4v) is 4.32. The highest BCUT2D eigenvalue weighted by molar-refractivity contribution is 7.92. The van der Waals surface area contributed by atoms with Crippen molar-refractivity contribution >= 4 is 21.5 Å². The van der Waals surface area contributed by atoms with E-state index in [1.165, 1.54) is 16.1 Å². The van der Waals surface area contributed by atoms with Gasteiger partial charge in [-0.2, -0.15) is 0 Å². The molecule has 0 bridgehead atoms. The molecule has 0 radical (unpaired) electrons. The summed E-state index contributed by atoms with van der Waals surface area (Å²) in [7, 11) is -1.72. The molecule has 3 aromatic rings. The van der Waals surface area contributed by atoms with Gasteiger partial charge in [-0.05, 0) is 36.8 Å². The van der Waals surface area contributed by atoms with Gasteiger partial charge in [-0.1, -0.05) is 48.5 Å². The molecule has 0 aliphatic rings. The summed E-state index contributed by atoms with van der Waals surface area (Å²) in [6, 6.07) is 22.5. The fourth-order valence-electron chi connectivity index (χ4n) is 2.90. The Bertz CT molecular complexity index is 959. The molecule has 2 aromatic carbocycles. The molecule has 6 heteroatoms. The number of pyridine rings is 1. The fraction of sp³-hybridized carbons (Fsp3) is 0.190. The van der Waals surface area contributed by atoms with Crippen molar-refractivity contribution in [2.45, 2.75) is 18.4 Å². The summed E-state index contributed by atoms with van der Waals surface area (Å²) in [6.07, 6.45) is 1.43. The van der Waals surface area contributed by atoms with Gasteiger partial charge in [0.2, 0.25) is 0 Å². The number of sulfonamides is 1. The van der Waals surface area contributed by atoms with Crippen LogP contribution in [0.5, 0.6) is 0 Å². The highest BCUT2D eigenvalue weighted by atomic mass is 32.2. The first-order valence-electron chi connectivity index (χ1n) is 8.81. The Labute approximate surface area is 161 Å². The van der Waals surface area contributed by atoms with Crippen LogP contribution in [0.3, 0.4) is 0 Å². The lowest BCUT2D eigenvalue weighted by Gasteiger charge is -2.23. The maximum atomic E-state index is 13.0. The summed E-state index contributed by atoms with van der Waals surface area (Å²) < 4.78 is 27.4. The molecule has 0 unspecified atom stereocenters. The second-order valence-electron chi connectivity index (χ2n) is 6.20. The van der Waals surface area contributed by atoms with E-state index in [1.54, 1.807) is 24.3 Å². The number of benzene rings is 2. The molecule has 0 N–H and O–H groups in total. The van der Waals surface area contributed by atoms with E-state index in [0.29, 0.717) is 18.8 Å². The van der Waals surface area contributed by atoms with Crippen LogP contribution in [0.1, 0.15) is 12.5 Å². The van der Waals surface area contributed by atoms with Crippen LogP contribution in [-0.2, 0) is 16.6 Å². The van der Waals surface area contributed by atoms with Gasteiger partial charge >= 0.3 is 0 Å². The monoisotopic (exact) mass is 381 g/mol. The minimum atomic E-state index is -3.65. The molecule has 0 saturated carbocycles. The molecule has 3 rings (SSSR count). The normalized spacial score (nSPS) is 11.2. The first kappa shape index (κ1) is 18.9. The van der Waals surface area contributed by atoms with Gasteiger partial charge < -0.3 is 4.90 Å². The highest BCUT2D eigenvalue weighted by Gasteiger charge is 2.24. The van der Waals surface area contributed by atoms with Gasteiger partial charge in [0.05, 0.1) is 5.69 Å². The van der Waals surface area contributed by atoms with Crippen LogP contribution in [0.4, 0.5) is 11.5 Å². The lowest BCUT2D eigenvalue weighted by Crippen LogP contribution is -2.30. The molecule has 1 heterocycles. The Morgan fingerprint density at radius 2 is 1.52 bits per heavy atom. The molecule has 0 spiro atoms. The average Bonchev–Trinajstić information content (AvgIpc) is 2.70. The second kappa shape index (κ2) is 8.22. The summed E-state index contributed by atoms with van der Waals surface area (Å²) in [5, 5.41) is 0. The zero-order valence-electron chi connectivity index (χ0n) is 15.5. The van der Waals surface area contributed by atoms with Crippen LogP contribution in [0, 0.1) is 0 Å². The Kier molecular flexibility index (Phi) is 5.76. The van der Waals surface area contributed by atoms with Gasteiger partial charge in [0.1, 0.15) is 10.7 Å². The molecule has 0 aliphatic carbocycles. The van der Waals surface area contributed by atoms with Crippen molar-refractivity contribution in [2.24, 2.45) is 0 Å². The Morgan fingerprint density at radius 3 is 2.07 bits per heavy atom. The van der Waals surface area contributed by atoms with E-state index in [0.717, 1.165) is 5.82 Å². The molecule has 0 atom stereocenters. The Balaban J connectivity index is 1.81. The highest BCUT2D eigenvalue weighted by Crippen LogP contribution is 2.24. The smallest absolute Gasteiger partial charge is 0.265 e. The number of hydrogen-bond acceptors (Lipinski definition) is 4. The van der Waals surface area contributed by atoms with Crippen molar-refractivity contribution < 1.29 is 8.42 Å². The van der Waals surface area contributed by atoms with Crippen LogP contribution in [-0.4, -0.2) is 27.0 Å². The maximum Gasteiger partial charge on any atom is 0.265 e. The second-order valence-corrected chi connectivity index (χ2v) is 8.06. The van der Waals surface area contributed by atoms with E-state index in [-0.39, 0.29) is 4.90 Å². The SMILES string of the molecule is CCN(c1ccccc1)S(=O)(=O)c1ccc(N(C)Cc2ccccc2)nc1. The van der Waals surface area contributed by atoms with Gasteiger partial charge in [0, 0.05) is 26.3 Å². The predicted octanol–water partition coefficient (Wildman–Crippen LogP) is 3.93. The van der Waals surface area contributed by atoms with Crippen molar-refractivity contribution in [3.8, 4) is 0 Å². The summed E-state index contributed by atoms with van der Waals surface area (Å²) in [5.74, 6) is 0.723. The zero-order valence-corrected chi connectivity index (χ0v) is 16.3. The zero-order chi connectivity index (χ0) is 19.3. The van der Waals surface area contributed by atoms with E-state index in [2.05, 4.69) is 4.98 Å². The molecule has 0 saturated heterocycles. The van der Waals surface area contributed by atoms with Crippen molar-refractivity contribution in [3.05, 3.63) is 84.6 Å². The lowest BCUT2D eigenvalue weighted by atomic mass is 10.2. The standard InChI is InChI=1S/C21H23N3O2S/c1-3-24(19-12-8-5-9-13-19)27(25,26)20-14-15-21(22-16-20)23(2)17-18-10-6-4-7-11-18/h4-16H,3,17H2,1-2H3. The van der Waals surface area contributed by atoms with Crippen molar-refractivity contribution in [2.75, 3.05) is 22.8 Å². The lowest BCUT2D eigenvalue weighted by molar-refractivity contribution is 0.591. The van der Waals surface area contributed by atoms with E-state index >= 15 is 0 Å². The average molecular weight is 382 g/mol. The minimum Gasteiger partial charge on any atom is -0.355 e. The molecule has 0 fully saturated rings. The third-order valence-corrected chi connectivity index (χ3v) is 6.18. The number of hydrogen-bond donors (Lipinski definition) is 0. The Morgan fingerprint density at radius 1 is 0.889 bits per heavy atom. The number of aromatic nitrogens is 1. The third kappa shape index (κ3) is 4.28. The summed E-state index contributed by atoms with van der Waals surface area (Å²) in [5.41, 5.74) is 1.81. The molecule has 1 aromatic heterocycles. The molecule has 0 amide bonds. The predicted molar refractivity (Wildman–Crippen MR) is 109 cm³/mol. The van der Waals surface area contributed by atoms with Crippen LogP contribution >= 0.6 is 0 Å². The molecule has 27 heavy (non-hydrogen) atoms. The molecular weight excluding hydrogens is 358 g/mol. The third-order valence-electron chi connectivity index (χ3n) is 4.29. The molecule has 140 valence electrons. The van der Waals surface area contributed by atoms with Crippen LogP contribution in [0.15, 0.2) is 83.9 Å². The van der Waals surface area contributed by atoms with Gasteiger partial charge in [0.15, 0.2) is 0 Å². The van der Waals surface area contributed by atoms with Gasteiger partial charge in [-0.3, -0.25) is 4.31 Å². The van der Waals surface area contributed by atoms with Crippen LogP contribution in [0.25, 0.3) is 0 Å². The Hall–Kier alpha value is -2.86. The maximum absolute atomic E-state index is 13.0. The summed E-state index contributed by atoms with van der Waals surface area (Å²) in [4.78, 5) is 6.54. The van der Waals surface area contributed by atoms with E-state index in [4.69, 9.17) is 0 Å². The van der Waals surface area contributed by atoms with Crippen molar-refractivity contribution in [1.29, 1.82) is 0 Å². The van der Waals surface area contributed by atoms with Gasteiger partial charge in [-0.15, -0.1) is 0 Å². The summed E-state index contributed by atoms with van der Waals surface area (Å²) in [6.45, 7) is 2.87. The first-order chi connectivity index (χ1) is 13.0. The number of anilines is 2. The van der Waals surface area contributed by atoms with Crippen LogP contribution in [0.2, 0.25) is 0 Å². The van der Waals surface area contributed by atoms with Crippen molar-refractivity contribution in [1.82, 2.24) is 4.98 Å². The largest absolute Gasteiger partial charge is 0.355 e. The molecule has 0 aliphatic heterocycles. The molecular formula is C21H23N3O2S. The topological polar surface area (TPSA) is 53.5 Å². The summed E-state index contributed by atoms with van der Waals surface area (Å²) >= 11 is 0. The number of nitrogens with zero attached hydrogens (tertiary/aromatic N) is 3. The molecule has 5 nitrogen and oxygen atoms in total. The first-order valence-corrected chi connectivity index (χ1v) is 10.3.